The Kier molecular flexibility index (Phi) is 6.31. The molecule has 5 rings (SSSR count). The van der Waals surface area contributed by atoms with Gasteiger partial charge in [-0.3, -0.25) is 4.79 Å². The maximum absolute atomic E-state index is 13.7. The smallest absolute Gasteiger partial charge is 0.155 e. The van der Waals surface area contributed by atoms with Crippen molar-refractivity contribution >= 4 is 5.78 Å². The van der Waals surface area contributed by atoms with Crippen molar-refractivity contribution in [2.75, 3.05) is 0 Å². The fourth-order valence-electron chi connectivity index (χ4n) is 9.97. The summed E-state index contributed by atoms with van der Waals surface area (Å²) in [6.45, 7) is 11.7. The van der Waals surface area contributed by atoms with Crippen LogP contribution in [0.25, 0.3) is 0 Å². The minimum absolute atomic E-state index is 0.0559. The molecule has 0 aromatic heterocycles. The van der Waals surface area contributed by atoms with Gasteiger partial charge in [0.2, 0.25) is 0 Å². The Morgan fingerprint density at radius 2 is 1.67 bits per heavy atom. The van der Waals surface area contributed by atoms with Crippen molar-refractivity contribution in [2.45, 2.75) is 117 Å². The molecule has 1 aliphatic heterocycles. The van der Waals surface area contributed by atoms with E-state index in [4.69, 9.17) is 4.74 Å². The molecule has 1 heterocycles. The van der Waals surface area contributed by atoms with E-state index >= 15 is 0 Å². The predicted octanol–water partition coefficient (Wildman–Crippen LogP) is 5.59. The van der Waals surface area contributed by atoms with E-state index in [-0.39, 0.29) is 23.5 Å². The Morgan fingerprint density at radius 1 is 0.939 bits per heavy atom. The fourth-order valence-corrected chi connectivity index (χ4v) is 9.97. The Bertz CT molecular complexity index is 750. The van der Waals surface area contributed by atoms with Crippen molar-refractivity contribution < 1.29 is 19.7 Å². The lowest BCUT2D eigenvalue weighted by molar-refractivity contribution is -0.205. The minimum atomic E-state index is -0.660. The zero-order valence-corrected chi connectivity index (χ0v) is 21.6. The highest BCUT2D eigenvalue weighted by Gasteiger charge is 2.64. The summed E-state index contributed by atoms with van der Waals surface area (Å²) in [7, 11) is 0. The van der Waals surface area contributed by atoms with Gasteiger partial charge in [-0.1, -0.05) is 34.6 Å². The van der Waals surface area contributed by atoms with Gasteiger partial charge in [-0.15, -0.1) is 0 Å². The summed E-state index contributed by atoms with van der Waals surface area (Å²) in [5.41, 5.74) is 0.364. The average Bonchev–Trinajstić information content (AvgIpc) is 3.04. The van der Waals surface area contributed by atoms with Gasteiger partial charge in [0.25, 0.3) is 0 Å². The number of ketones is 1. The maximum atomic E-state index is 13.7. The first kappa shape index (κ1) is 24.3. The summed E-state index contributed by atoms with van der Waals surface area (Å²) in [4.78, 5) is 13.7. The molecule has 0 radical (unpaired) electrons. The number of aliphatic hydroxyl groups is 2. The lowest BCUT2D eigenvalue weighted by atomic mass is 9.44. The van der Waals surface area contributed by atoms with Crippen molar-refractivity contribution in [1.29, 1.82) is 0 Å². The molecular formula is C29H48O4. The van der Waals surface area contributed by atoms with Crippen molar-refractivity contribution in [3.8, 4) is 0 Å². The molecule has 0 bridgehead atoms. The highest BCUT2D eigenvalue weighted by molar-refractivity contribution is 5.85. The Labute approximate surface area is 201 Å². The van der Waals surface area contributed by atoms with Crippen LogP contribution in [0.4, 0.5) is 0 Å². The van der Waals surface area contributed by atoms with E-state index in [0.717, 1.165) is 38.5 Å². The number of carbonyl (C=O) groups excluding carboxylic acids is 1. The van der Waals surface area contributed by atoms with Crippen LogP contribution in [-0.4, -0.2) is 34.5 Å². The molecule has 0 spiro atoms. The third-order valence-electron chi connectivity index (χ3n) is 12.0. The molecule has 188 valence electrons. The molecule has 12 atom stereocenters. The molecular weight excluding hydrogens is 412 g/mol. The van der Waals surface area contributed by atoms with Gasteiger partial charge in [0.15, 0.2) is 6.29 Å². The standard InChI is InChI=1S/C29H48O4/c1-16(2)18-12-25(33-26(32)13-18)17(3)23-15-24(31)27-21-7-6-19-14-20(30)8-10-28(19,4)22(21)9-11-29(23,27)5/h16-23,25-27,30,32H,6-15H2,1-5H3/t17?,18?,19?,20-,21?,22?,23?,25?,26?,27+,28-,29+/m0/s1. The minimum Gasteiger partial charge on any atom is -0.393 e. The van der Waals surface area contributed by atoms with E-state index in [1.807, 2.05) is 0 Å². The Balaban J connectivity index is 1.37. The molecule has 0 aromatic carbocycles. The van der Waals surface area contributed by atoms with E-state index in [2.05, 4.69) is 34.6 Å². The second-order valence-electron chi connectivity index (χ2n) is 13.7. The molecule has 4 heteroatoms. The van der Waals surface area contributed by atoms with Crippen molar-refractivity contribution in [1.82, 2.24) is 0 Å². The van der Waals surface area contributed by atoms with Crippen molar-refractivity contribution in [2.24, 2.45) is 58.2 Å². The van der Waals surface area contributed by atoms with Crippen LogP contribution in [0, 0.1) is 58.2 Å². The summed E-state index contributed by atoms with van der Waals surface area (Å²) in [5.74, 6) is 4.20. The van der Waals surface area contributed by atoms with Crippen LogP contribution < -0.4 is 0 Å². The molecule has 4 nitrogen and oxygen atoms in total. The SMILES string of the molecule is CC(C)C1CC(O)OC(C(C)C2CC(=O)[C@H]3C4CCC5C[C@@H](O)CC[C@]5(C)C4CC[C@]23C)C1. The number of Topliss-reactive ketones (excluding diaryl/α,β-unsaturated/α-hetero) is 1. The van der Waals surface area contributed by atoms with E-state index in [9.17, 15) is 15.0 Å². The fraction of sp³-hybridized carbons (Fsp3) is 0.966. The van der Waals surface area contributed by atoms with Crippen LogP contribution in [0.15, 0.2) is 0 Å². The van der Waals surface area contributed by atoms with Gasteiger partial charge in [-0.25, -0.2) is 0 Å². The Hall–Kier alpha value is -0.450. The first-order valence-electron chi connectivity index (χ1n) is 14.1. The number of aliphatic hydroxyl groups excluding tert-OH is 2. The highest BCUT2D eigenvalue weighted by atomic mass is 16.6. The van der Waals surface area contributed by atoms with E-state index in [1.165, 1.54) is 19.3 Å². The monoisotopic (exact) mass is 460 g/mol. The summed E-state index contributed by atoms with van der Waals surface area (Å²) >= 11 is 0. The molecule has 33 heavy (non-hydrogen) atoms. The van der Waals surface area contributed by atoms with Crippen LogP contribution in [-0.2, 0) is 9.53 Å². The van der Waals surface area contributed by atoms with Crippen LogP contribution >= 0.6 is 0 Å². The molecule has 2 N–H and O–H groups in total. The maximum Gasteiger partial charge on any atom is 0.155 e. The van der Waals surface area contributed by atoms with Crippen LogP contribution in [0.2, 0.25) is 0 Å². The van der Waals surface area contributed by atoms with E-state index < -0.39 is 6.29 Å². The number of rotatable bonds is 3. The largest absolute Gasteiger partial charge is 0.393 e. The molecule has 4 saturated carbocycles. The van der Waals surface area contributed by atoms with Gasteiger partial charge in [-0.2, -0.15) is 0 Å². The van der Waals surface area contributed by atoms with Gasteiger partial charge >= 0.3 is 0 Å². The molecule has 8 unspecified atom stereocenters. The zero-order valence-electron chi connectivity index (χ0n) is 21.6. The lowest BCUT2D eigenvalue weighted by Gasteiger charge is -2.60. The average molecular weight is 461 g/mol. The Morgan fingerprint density at radius 3 is 2.39 bits per heavy atom. The third kappa shape index (κ3) is 3.85. The number of hydrogen-bond donors (Lipinski definition) is 2. The second-order valence-corrected chi connectivity index (χ2v) is 13.7. The van der Waals surface area contributed by atoms with Gasteiger partial charge in [0.05, 0.1) is 12.2 Å². The molecule has 5 fully saturated rings. The summed E-state index contributed by atoms with van der Waals surface area (Å²) in [5, 5.41) is 20.7. The first-order valence-corrected chi connectivity index (χ1v) is 14.1. The molecule has 4 aliphatic carbocycles. The van der Waals surface area contributed by atoms with Crippen LogP contribution in [0.5, 0.6) is 0 Å². The van der Waals surface area contributed by atoms with Crippen LogP contribution in [0.1, 0.15) is 98.8 Å². The summed E-state index contributed by atoms with van der Waals surface area (Å²) in [6, 6.07) is 0. The molecule has 0 aromatic rings. The predicted molar refractivity (Wildman–Crippen MR) is 129 cm³/mol. The quantitative estimate of drug-likeness (QED) is 0.576. The molecule has 0 amide bonds. The third-order valence-corrected chi connectivity index (χ3v) is 12.0. The molecule has 5 aliphatic rings. The van der Waals surface area contributed by atoms with Crippen molar-refractivity contribution in [3.05, 3.63) is 0 Å². The topological polar surface area (TPSA) is 66.8 Å². The van der Waals surface area contributed by atoms with Crippen molar-refractivity contribution in [3.63, 3.8) is 0 Å². The van der Waals surface area contributed by atoms with Gasteiger partial charge < -0.3 is 14.9 Å². The first-order chi connectivity index (χ1) is 15.5. The number of carbonyl (C=O) groups is 1. The van der Waals surface area contributed by atoms with Gasteiger partial charge in [0.1, 0.15) is 5.78 Å². The lowest BCUT2D eigenvalue weighted by Crippen LogP contribution is -2.55. The van der Waals surface area contributed by atoms with Gasteiger partial charge in [0, 0.05) is 18.8 Å². The van der Waals surface area contributed by atoms with Gasteiger partial charge in [-0.05, 0) is 104 Å². The zero-order chi connectivity index (χ0) is 23.7. The molecule has 1 saturated heterocycles. The second kappa shape index (κ2) is 8.59. The number of fused-ring (bicyclic) bond motifs is 5. The van der Waals surface area contributed by atoms with E-state index in [0.29, 0.717) is 59.0 Å². The summed E-state index contributed by atoms with van der Waals surface area (Å²) < 4.78 is 6.12. The highest BCUT2D eigenvalue weighted by Crippen LogP contribution is 2.67. The summed E-state index contributed by atoms with van der Waals surface area (Å²) in [6.07, 6.45) is 9.49. The normalized spacial score (nSPS) is 53.3. The number of ether oxygens (including phenoxy) is 1. The number of hydrogen-bond acceptors (Lipinski definition) is 4. The van der Waals surface area contributed by atoms with Crippen LogP contribution in [0.3, 0.4) is 0 Å². The van der Waals surface area contributed by atoms with E-state index in [1.54, 1.807) is 0 Å².